The van der Waals surface area contributed by atoms with Crippen molar-refractivity contribution in [2.75, 3.05) is 0 Å². The van der Waals surface area contributed by atoms with Crippen molar-refractivity contribution in [1.82, 2.24) is 0 Å². The van der Waals surface area contributed by atoms with Crippen molar-refractivity contribution >= 4 is 35.2 Å². The Morgan fingerprint density at radius 1 is 0.963 bits per heavy atom. The highest BCUT2D eigenvalue weighted by atomic mass is 35.5. The lowest BCUT2D eigenvalue weighted by Gasteiger charge is -2.08. The zero-order valence-electron chi connectivity index (χ0n) is 14.9. The second-order valence-corrected chi connectivity index (χ2v) is 7.66. The summed E-state index contributed by atoms with van der Waals surface area (Å²) in [6.07, 6.45) is 1.86. The number of carbonyl (C=O) groups is 1. The number of benzene rings is 3. The van der Waals surface area contributed by atoms with E-state index in [1.165, 1.54) is 17.3 Å². The van der Waals surface area contributed by atoms with Gasteiger partial charge in [0.1, 0.15) is 5.75 Å². The summed E-state index contributed by atoms with van der Waals surface area (Å²) in [4.78, 5) is 13.7. The van der Waals surface area contributed by atoms with Crippen molar-refractivity contribution in [3.8, 4) is 5.75 Å². The van der Waals surface area contributed by atoms with E-state index in [1.807, 2.05) is 6.08 Å². The molecule has 0 bridgehead atoms. The summed E-state index contributed by atoms with van der Waals surface area (Å²) in [5.41, 5.74) is 3.83. The molecule has 0 radical (unpaired) electrons. The van der Waals surface area contributed by atoms with E-state index in [4.69, 9.17) is 11.6 Å². The lowest BCUT2D eigenvalue weighted by Crippen LogP contribution is -2.01. The highest BCUT2D eigenvalue weighted by Crippen LogP contribution is 2.28. The third-order valence-electron chi connectivity index (χ3n) is 4.04. The second kappa shape index (κ2) is 8.94. The van der Waals surface area contributed by atoms with Gasteiger partial charge in [0, 0.05) is 16.3 Å². The number of ketones is 1. The fraction of sp³-hybridized carbons (Fsp3) is 0.0870. The Labute approximate surface area is 168 Å². The molecule has 4 heteroatoms. The van der Waals surface area contributed by atoms with E-state index in [1.54, 1.807) is 48.5 Å². The number of hydrogen-bond acceptors (Lipinski definition) is 3. The molecule has 3 aromatic carbocycles. The lowest BCUT2D eigenvalue weighted by molar-refractivity contribution is 0.104. The molecule has 0 aliphatic carbocycles. The zero-order valence-corrected chi connectivity index (χ0v) is 16.4. The van der Waals surface area contributed by atoms with E-state index in [0.29, 0.717) is 21.2 Å². The first-order chi connectivity index (χ1) is 13.0. The Morgan fingerprint density at radius 3 is 2.22 bits per heavy atom. The van der Waals surface area contributed by atoms with Gasteiger partial charge in [-0.1, -0.05) is 53.6 Å². The van der Waals surface area contributed by atoms with Crippen LogP contribution in [0.15, 0.2) is 77.7 Å². The van der Waals surface area contributed by atoms with Gasteiger partial charge >= 0.3 is 0 Å². The number of aromatic hydroxyl groups is 1. The van der Waals surface area contributed by atoms with Gasteiger partial charge in [0.25, 0.3) is 0 Å². The van der Waals surface area contributed by atoms with Gasteiger partial charge < -0.3 is 5.11 Å². The van der Waals surface area contributed by atoms with Gasteiger partial charge in [-0.25, -0.2) is 0 Å². The number of rotatable bonds is 6. The normalized spacial score (nSPS) is 11.4. The summed E-state index contributed by atoms with van der Waals surface area (Å²) in [6, 6.07) is 22.0. The molecule has 0 atom stereocenters. The fourth-order valence-corrected chi connectivity index (χ4v) is 3.59. The largest absolute Gasteiger partial charge is 0.508 e. The average Bonchev–Trinajstić information content (AvgIpc) is 2.68. The van der Waals surface area contributed by atoms with Crippen LogP contribution < -0.4 is 0 Å². The third kappa shape index (κ3) is 5.49. The van der Waals surface area contributed by atoms with E-state index in [0.717, 1.165) is 11.1 Å². The van der Waals surface area contributed by atoms with Crippen LogP contribution in [-0.4, -0.2) is 10.9 Å². The Hall–Kier alpha value is -2.49. The quantitative estimate of drug-likeness (QED) is 0.382. The molecule has 0 saturated heterocycles. The summed E-state index contributed by atoms with van der Waals surface area (Å²) in [6.45, 7) is 2.05. The molecule has 2 nitrogen and oxygen atoms in total. The molecule has 0 amide bonds. The zero-order chi connectivity index (χ0) is 19.2. The maximum absolute atomic E-state index is 13.0. The standard InChI is InChI=1S/C23H19ClO2S/c1-16-2-4-18(5-3-16)15-27-22(14-17-6-12-21(25)13-7-17)23(26)19-8-10-20(24)11-9-19/h2-14,25H,15H2,1H3. The minimum absolute atomic E-state index is 0.0446. The van der Waals surface area contributed by atoms with E-state index in [9.17, 15) is 9.90 Å². The molecule has 3 aromatic rings. The number of thioether (sulfide) groups is 1. The molecule has 0 saturated carbocycles. The molecule has 0 aromatic heterocycles. The number of halogens is 1. The highest BCUT2D eigenvalue weighted by Gasteiger charge is 2.14. The van der Waals surface area contributed by atoms with Crippen LogP contribution in [0.25, 0.3) is 6.08 Å². The van der Waals surface area contributed by atoms with E-state index in [-0.39, 0.29) is 11.5 Å². The Morgan fingerprint density at radius 2 is 1.59 bits per heavy atom. The van der Waals surface area contributed by atoms with Crippen molar-refractivity contribution in [3.05, 3.63) is 105 Å². The molecule has 0 unspecified atom stereocenters. The topological polar surface area (TPSA) is 37.3 Å². The van der Waals surface area contributed by atoms with Crippen LogP contribution in [0.1, 0.15) is 27.0 Å². The number of phenols is 1. The molecular formula is C23H19ClO2S. The van der Waals surface area contributed by atoms with Gasteiger partial charge in [-0.2, -0.15) is 0 Å². The Bertz CT molecular complexity index is 943. The van der Waals surface area contributed by atoms with Crippen molar-refractivity contribution < 1.29 is 9.90 Å². The maximum atomic E-state index is 13.0. The molecule has 27 heavy (non-hydrogen) atoms. The number of carbonyl (C=O) groups excluding carboxylic acids is 1. The van der Waals surface area contributed by atoms with Crippen molar-refractivity contribution in [2.45, 2.75) is 12.7 Å². The van der Waals surface area contributed by atoms with E-state index < -0.39 is 0 Å². The maximum Gasteiger partial charge on any atom is 0.199 e. The van der Waals surface area contributed by atoms with Crippen LogP contribution in [0.4, 0.5) is 0 Å². The van der Waals surface area contributed by atoms with Crippen LogP contribution in [0.3, 0.4) is 0 Å². The summed E-state index contributed by atoms with van der Waals surface area (Å²) >= 11 is 7.44. The van der Waals surface area contributed by atoms with Gasteiger partial charge in [-0.05, 0) is 60.5 Å². The molecule has 136 valence electrons. The van der Waals surface area contributed by atoms with Crippen molar-refractivity contribution in [1.29, 1.82) is 0 Å². The van der Waals surface area contributed by atoms with E-state index in [2.05, 4.69) is 31.2 Å². The number of phenolic OH excluding ortho intramolecular Hbond substituents is 1. The molecule has 0 heterocycles. The van der Waals surface area contributed by atoms with Crippen LogP contribution in [-0.2, 0) is 5.75 Å². The van der Waals surface area contributed by atoms with Crippen LogP contribution in [0.5, 0.6) is 5.75 Å². The minimum Gasteiger partial charge on any atom is -0.508 e. The van der Waals surface area contributed by atoms with Gasteiger partial charge in [0.2, 0.25) is 0 Å². The first-order valence-corrected chi connectivity index (χ1v) is 9.87. The van der Waals surface area contributed by atoms with Crippen LogP contribution >= 0.6 is 23.4 Å². The minimum atomic E-state index is -0.0446. The summed E-state index contributed by atoms with van der Waals surface area (Å²) in [5.74, 6) is 0.852. The van der Waals surface area contributed by atoms with Gasteiger partial charge in [0.05, 0.1) is 4.91 Å². The van der Waals surface area contributed by atoms with Gasteiger partial charge in [0.15, 0.2) is 5.78 Å². The predicted octanol–water partition coefficient (Wildman–Crippen LogP) is 6.51. The Kier molecular flexibility index (Phi) is 6.38. The molecule has 3 rings (SSSR count). The number of hydrogen-bond donors (Lipinski definition) is 1. The smallest absolute Gasteiger partial charge is 0.199 e. The Balaban J connectivity index is 1.87. The molecule has 1 N–H and O–H groups in total. The lowest BCUT2D eigenvalue weighted by atomic mass is 10.1. The summed E-state index contributed by atoms with van der Waals surface area (Å²) < 4.78 is 0. The number of aryl methyl sites for hydroxylation is 1. The highest BCUT2D eigenvalue weighted by molar-refractivity contribution is 8.03. The average molecular weight is 395 g/mol. The summed E-state index contributed by atoms with van der Waals surface area (Å²) in [5, 5.41) is 10.1. The van der Waals surface area contributed by atoms with Crippen LogP contribution in [0.2, 0.25) is 5.02 Å². The molecule has 0 aliphatic heterocycles. The number of Topliss-reactive ketones (excluding diaryl/α,β-unsaturated/α-hetero) is 1. The fourth-order valence-electron chi connectivity index (χ4n) is 2.48. The van der Waals surface area contributed by atoms with Crippen molar-refractivity contribution in [2.24, 2.45) is 0 Å². The third-order valence-corrected chi connectivity index (χ3v) is 5.38. The van der Waals surface area contributed by atoms with Gasteiger partial charge in [-0.15, -0.1) is 11.8 Å². The second-order valence-electron chi connectivity index (χ2n) is 6.21. The van der Waals surface area contributed by atoms with Crippen LogP contribution in [0, 0.1) is 6.92 Å². The SMILES string of the molecule is Cc1ccc(CSC(=Cc2ccc(O)cc2)C(=O)c2ccc(Cl)cc2)cc1. The number of allylic oxidation sites excluding steroid dienone is 1. The molecule has 0 fully saturated rings. The first kappa shape index (κ1) is 19.3. The monoisotopic (exact) mass is 394 g/mol. The van der Waals surface area contributed by atoms with E-state index >= 15 is 0 Å². The molecular weight excluding hydrogens is 376 g/mol. The first-order valence-electron chi connectivity index (χ1n) is 8.50. The van der Waals surface area contributed by atoms with Gasteiger partial charge in [-0.3, -0.25) is 4.79 Å². The molecule has 0 aliphatic rings. The molecule has 0 spiro atoms. The predicted molar refractivity (Wildman–Crippen MR) is 114 cm³/mol. The van der Waals surface area contributed by atoms with Crippen molar-refractivity contribution in [3.63, 3.8) is 0 Å². The summed E-state index contributed by atoms with van der Waals surface area (Å²) in [7, 11) is 0.